The van der Waals surface area contributed by atoms with Gasteiger partial charge in [0.2, 0.25) is 0 Å². The van der Waals surface area contributed by atoms with Crippen molar-refractivity contribution >= 4 is 11.9 Å². The van der Waals surface area contributed by atoms with Gasteiger partial charge in [-0.3, -0.25) is 9.59 Å². The highest BCUT2D eigenvalue weighted by atomic mass is 16.4. The summed E-state index contributed by atoms with van der Waals surface area (Å²) in [5, 5.41) is 18.7. The van der Waals surface area contributed by atoms with Crippen LogP contribution in [0.2, 0.25) is 0 Å². The second-order valence-corrected chi connectivity index (χ2v) is 4.21. The summed E-state index contributed by atoms with van der Waals surface area (Å²) in [6.45, 7) is 5.36. The molecule has 1 aromatic carbocycles. The van der Waals surface area contributed by atoms with Gasteiger partial charge in [0.25, 0.3) is 0 Å². The predicted octanol–water partition coefficient (Wildman–Crippen LogP) is 2.37. The zero-order chi connectivity index (χ0) is 13.8. The number of aryl methyl sites for hydroxylation is 1. The van der Waals surface area contributed by atoms with Gasteiger partial charge in [-0.05, 0) is 25.3 Å². The molecule has 0 aliphatic rings. The van der Waals surface area contributed by atoms with Crippen LogP contribution in [-0.2, 0) is 15.0 Å². The molecular weight excluding hydrogens is 232 g/mol. The molecule has 0 aromatic heterocycles. The normalized spacial score (nSPS) is 10.9. The zero-order valence-electron chi connectivity index (χ0n) is 10.2. The van der Waals surface area contributed by atoms with E-state index in [-0.39, 0.29) is 12.0 Å². The first kappa shape index (κ1) is 14.0. The highest BCUT2D eigenvalue weighted by molar-refractivity contribution is 6.04. The first-order valence-electron chi connectivity index (χ1n) is 5.60. The quantitative estimate of drug-likeness (QED) is 0.598. The van der Waals surface area contributed by atoms with Crippen LogP contribution in [0, 0.1) is 6.92 Å². The van der Waals surface area contributed by atoms with Gasteiger partial charge in [-0.2, -0.15) is 0 Å². The van der Waals surface area contributed by atoms with Crippen LogP contribution >= 0.6 is 0 Å². The monoisotopic (exact) mass is 248 g/mol. The molecular formula is C14H16O4. The van der Waals surface area contributed by atoms with Crippen molar-refractivity contribution in [2.45, 2.75) is 25.2 Å². The molecule has 0 saturated carbocycles. The van der Waals surface area contributed by atoms with Crippen LogP contribution < -0.4 is 0 Å². The van der Waals surface area contributed by atoms with Crippen LogP contribution in [0.25, 0.3) is 0 Å². The maximum absolute atomic E-state index is 11.4. The molecule has 1 aromatic rings. The van der Waals surface area contributed by atoms with Crippen molar-refractivity contribution in [3.8, 4) is 0 Å². The minimum atomic E-state index is -1.90. The third-order valence-electron chi connectivity index (χ3n) is 3.00. The Morgan fingerprint density at radius 1 is 1.22 bits per heavy atom. The summed E-state index contributed by atoms with van der Waals surface area (Å²) in [6, 6.07) is 6.54. The minimum Gasteiger partial charge on any atom is -0.480 e. The Morgan fingerprint density at radius 3 is 2.11 bits per heavy atom. The molecule has 1 rings (SSSR count). The Kier molecular flexibility index (Phi) is 4.26. The number of carboxylic acids is 2. The number of carbonyl (C=O) groups is 2. The van der Waals surface area contributed by atoms with Crippen molar-refractivity contribution in [1.29, 1.82) is 0 Å². The van der Waals surface area contributed by atoms with Crippen molar-refractivity contribution in [2.75, 3.05) is 0 Å². The van der Waals surface area contributed by atoms with Crippen molar-refractivity contribution in [3.05, 3.63) is 48.0 Å². The van der Waals surface area contributed by atoms with Gasteiger partial charge in [0, 0.05) is 0 Å². The number of allylic oxidation sites excluding steroid dienone is 1. The standard InChI is InChI=1S/C14H16O4/c1-3-4-9-14(12(15)16,13(17)18)11-7-5-10(2)6-8-11/h3,5-8H,1,4,9H2,2H3,(H,15,16)(H,17,18). The molecule has 4 nitrogen and oxygen atoms in total. The van der Waals surface area contributed by atoms with E-state index >= 15 is 0 Å². The lowest BCUT2D eigenvalue weighted by molar-refractivity contribution is -0.158. The molecule has 0 bridgehead atoms. The molecule has 0 aliphatic carbocycles. The van der Waals surface area contributed by atoms with Crippen LogP contribution in [-0.4, -0.2) is 22.2 Å². The molecule has 0 spiro atoms. The van der Waals surface area contributed by atoms with Gasteiger partial charge >= 0.3 is 11.9 Å². The topological polar surface area (TPSA) is 74.6 Å². The Balaban J connectivity index is 3.33. The zero-order valence-corrected chi connectivity index (χ0v) is 10.2. The number of aliphatic carboxylic acids is 2. The fraction of sp³-hybridized carbons (Fsp3) is 0.286. The molecule has 0 heterocycles. The highest BCUT2D eigenvalue weighted by Crippen LogP contribution is 2.31. The van der Waals surface area contributed by atoms with E-state index in [1.807, 2.05) is 6.92 Å². The van der Waals surface area contributed by atoms with E-state index in [1.165, 1.54) is 6.08 Å². The molecule has 0 unspecified atom stereocenters. The summed E-state index contributed by atoms with van der Waals surface area (Å²) in [4.78, 5) is 22.9. The first-order chi connectivity index (χ1) is 8.45. The number of hydrogen-bond donors (Lipinski definition) is 2. The molecule has 0 fully saturated rings. The van der Waals surface area contributed by atoms with E-state index < -0.39 is 17.4 Å². The Bertz CT molecular complexity index is 445. The molecule has 0 atom stereocenters. The molecule has 0 saturated heterocycles. The van der Waals surface area contributed by atoms with Crippen LogP contribution in [0.15, 0.2) is 36.9 Å². The van der Waals surface area contributed by atoms with Gasteiger partial charge in [0.15, 0.2) is 5.41 Å². The van der Waals surface area contributed by atoms with Gasteiger partial charge < -0.3 is 10.2 Å². The number of carboxylic acid groups (broad SMARTS) is 2. The fourth-order valence-electron chi connectivity index (χ4n) is 1.85. The maximum atomic E-state index is 11.4. The molecule has 0 aliphatic heterocycles. The van der Waals surface area contributed by atoms with Crippen molar-refractivity contribution < 1.29 is 19.8 Å². The third-order valence-corrected chi connectivity index (χ3v) is 3.00. The van der Waals surface area contributed by atoms with E-state index in [2.05, 4.69) is 6.58 Å². The van der Waals surface area contributed by atoms with Gasteiger partial charge in [0.1, 0.15) is 0 Å². The lowest BCUT2D eigenvalue weighted by atomic mass is 9.76. The number of hydrogen-bond acceptors (Lipinski definition) is 2. The Morgan fingerprint density at radius 2 is 1.72 bits per heavy atom. The van der Waals surface area contributed by atoms with Crippen LogP contribution in [0.5, 0.6) is 0 Å². The van der Waals surface area contributed by atoms with Gasteiger partial charge in [0.05, 0.1) is 0 Å². The highest BCUT2D eigenvalue weighted by Gasteiger charge is 2.47. The third kappa shape index (κ3) is 2.42. The maximum Gasteiger partial charge on any atom is 0.325 e. The van der Waals surface area contributed by atoms with Gasteiger partial charge in [-0.15, -0.1) is 6.58 Å². The first-order valence-corrected chi connectivity index (χ1v) is 5.60. The van der Waals surface area contributed by atoms with E-state index in [9.17, 15) is 19.8 Å². The average molecular weight is 248 g/mol. The van der Waals surface area contributed by atoms with Gasteiger partial charge in [-0.1, -0.05) is 35.9 Å². The Hall–Kier alpha value is -2.10. The second-order valence-electron chi connectivity index (χ2n) is 4.21. The Labute approximate surface area is 106 Å². The molecule has 18 heavy (non-hydrogen) atoms. The van der Waals surface area contributed by atoms with Crippen LogP contribution in [0.4, 0.5) is 0 Å². The van der Waals surface area contributed by atoms with E-state index in [4.69, 9.17) is 0 Å². The fourth-order valence-corrected chi connectivity index (χ4v) is 1.85. The summed E-state index contributed by atoms with van der Waals surface area (Å²) < 4.78 is 0. The van der Waals surface area contributed by atoms with Crippen molar-refractivity contribution in [2.24, 2.45) is 0 Å². The summed E-state index contributed by atoms with van der Waals surface area (Å²) in [5.41, 5.74) is -0.663. The smallest absolute Gasteiger partial charge is 0.325 e. The van der Waals surface area contributed by atoms with Gasteiger partial charge in [-0.25, -0.2) is 0 Å². The minimum absolute atomic E-state index is 0.00969. The molecule has 96 valence electrons. The van der Waals surface area contributed by atoms with E-state index in [0.29, 0.717) is 6.42 Å². The largest absolute Gasteiger partial charge is 0.480 e. The molecule has 2 N–H and O–H groups in total. The van der Waals surface area contributed by atoms with Crippen LogP contribution in [0.3, 0.4) is 0 Å². The number of benzene rings is 1. The summed E-state index contributed by atoms with van der Waals surface area (Å²) >= 11 is 0. The average Bonchev–Trinajstić information content (AvgIpc) is 2.31. The van der Waals surface area contributed by atoms with Crippen LogP contribution in [0.1, 0.15) is 24.0 Å². The lowest BCUT2D eigenvalue weighted by Gasteiger charge is -2.25. The lowest BCUT2D eigenvalue weighted by Crippen LogP contribution is -2.43. The molecule has 4 heteroatoms. The summed E-state index contributed by atoms with van der Waals surface area (Å²) in [5.74, 6) is -2.69. The molecule has 0 radical (unpaired) electrons. The molecule has 0 amide bonds. The van der Waals surface area contributed by atoms with E-state index in [0.717, 1.165) is 5.56 Å². The van der Waals surface area contributed by atoms with E-state index in [1.54, 1.807) is 24.3 Å². The number of rotatable bonds is 6. The summed E-state index contributed by atoms with van der Waals surface area (Å²) in [6.07, 6.45) is 1.84. The second kappa shape index (κ2) is 5.49. The van der Waals surface area contributed by atoms with Crippen molar-refractivity contribution in [3.63, 3.8) is 0 Å². The van der Waals surface area contributed by atoms with Crippen molar-refractivity contribution in [1.82, 2.24) is 0 Å². The summed E-state index contributed by atoms with van der Waals surface area (Å²) in [7, 11) is 0. The SMILES string of the molecule is C=CCCC(C(=O)O)(C(=O)O)c1ccc(C)cc1. The predicted molar refractivity (Wildman–Crippen MR) is 67.6 cm³/mol.